The number of aromatic nitrogens is 1. The lowest BCUT2D eigenvalue weighted by Crippen LogP contribution is -2.51. The van der Waals surface area contributed by atoms with Crippen LogP contribution in [0.3, 0.4) is 0 Å². The Labute approximate surface area is 135 Å². The van der Waals surface area contributed by atoms with E-state index in [-0.39, 0.29) is 11.7 Å². The molecule has 0 saturated heterocycles. The Hall–Kier alpha value is -2.56. The van der Waals surface area contributed by atoms with Crippen LogP contribution in [0.2, 0.25) is 0 Å². The number of rotatable bonds is 4. The Morgan fingerprint density at radius 3 is 2.70 bits per heavy atom. The lowest BCUT2D eigenvalue weighted by atomic mass is 9.95. The van der Waals surface area contributed by atoms with Crippen molar-refractivity contribution in [1.82, 2.24) is 0 Å². The minimum atomic E-state index is -0.105. The smallest absolute Gasteiger partial charge is 0.274 e. The molecule has 5 heteroatoms. The molecule has 0 spiro atoms. The van der Waals surface area contributed by atoms with Gasteiger partial charge in [0.05, 0.1) is 26.7 Å². The van der Waals surface area contributed by atoms with Crippen molar-refractivity contribution in [2.75, 3.05) is 26.1 Å². The molecule has 23 heavy (non-hydrogen) atoms. The zero-order valence-corrected chi connectivity index (χ0v) is 13.6. The molecular weight excluding hydrogens is 292 g/mol. The second-order valence-corrected chi connectivity index (χ2v) is 5.67. The summed E-state index contributed by atoms with van der Waals surface area (Å²) >= 11 is 0. The summed E-state index contributed by atoms with van der Waals surface area (Å²) in [7, 11) is 3.16. The monoisotopic (exact) mass is 313 g/mol. The topological polar surface area (TPSA) is 51.4 Å². The van der Waals surface area contributed by atoms with Gasteiger partial charge in [0.1, 0.15) is 12.2 Å². The van der Waals surface area contributed by atoms with E-state index < -0.39 is 0 Å². The summed E-state index contributed by atoms with van der Waals surface area (Å²) < 4.78 is 12.7. The SMILES string of the molecule is COc1ccc(C(=O)C2CNc3cccc(C)[n+]3C2)cc1OC. The van der Waals surface area contributed by atoms with Crippen LogP contribution in [0.15, 0.2) is 36.4 Å². The number of Topliss-reactive ketones (excluding diaryl/α,β-unsaturated/α-hetero) is 1. The molecule has 0 fully saturated rings. The van der Waals surface area contributed by atoms with Gasteiger partial charge in [-0.15, -0.1) is 0 Å². The predicted molar refractivity (Wildman–Crippen MR) is 87.2 cm³/mol. The summed E-state index contributed by atoms with van der Waals surface area (Å²) in [6.45, 7) is 3.37. The highest BCUT2D eigenvalue weighted by Crippen LogP contribution is 2.29. The van der Waals surface area contributed by atoms with E-state index in [0.29, 0.717) is 30.2 Å². The van der Waals surface area contributed by atoms with Gasteiger partial charge in [-0.1, -0.05) is 6.07 Å². The Balaban J connectivity index is 1.86. The van der Waals surface area contributed by atoms with Crippen LogP contribution in [-0.4, -0.2) is 26.5 Å². The summed E-state index contributed by atoms with van der Waals surface area (Å²) in [5.74, 6) is 2.26. The maximum atomic E-state index is 12.8. The molecule has 2 heterocycles. The van der Waals surface area contributed by atoms with Crippen LogP contribution in [0, 0.1) is 12.8 Å². The Morgan fingerprint density at radius 1 is 1.17 bits per heavy atom. The summed E-state index contributed by atoms with van der Waals surface area (Å²) in [6, 6.07) is 11.4. The molecule has 5 nitrogen and oxygen atoms in total. The minimum absolute atomic E-state index is 0.105. The van der Waals surface area contributed by atoms with E-state index in [4.69, 9.17) is 9.47 Å². The number of anilines is 1. The fourth-order valence-corrected chi connectivity index (χ4v) is 2.96. The van der Waals surface area contributed by atoms with Crippen molar-refractivity contribution < 1.29 is 18.8 Å². The van der Waals surface area contributed by atoms with E-state index >= 15 is 0 Å². The second kappa shape index (κ2) is 6.28. The molecule has 120 valence electrons. The highest BCUT2D eigenvalue weighted by molar-refractivity contribution is 5.98. The van der Waals surface area contributed by atoms with Gasteiger partial charge >= 0.3 is 0 Å². The molecule has 0 bridgehead atoms. The van der Waals surface area contributed by atoms with Gasteiger partial charge in [0.25, 0.3) is 5.82 Å². The lowest BCUT2D eigenvalue weighted by molar-refractivity contribution is -0.696. The minimum Gasteiger partial charge on any atom is -0.493 e. The van der Waals surface area contributed by atoms with Crippen LogP contribution >= 0.6 is 0 Å². The van der Waals surface area contributed by atoms with Gasteiger partial charge in [0.15, 0.2) is 17.3 Å². The lowest BCUT2D eigenvalue weighted by Gasteiger charge is -2.22. The van der Waals surface area contributed by atoms with Crippen molar-refractivity contribution in [3.8, 4) is 11.5 Å². The molecule has 2 aromatic rings. The van der Waals surface area contributed by atoms with Crippen molar-refractivity contribution in [3.05, 3.63) is 47.7 Å². The highest BCUT2D eigenvalue weighted by Gasteiger charge is 2.31. The van der Waals surface area contributed by atoms with E-state index in [1.54, 1.807) is 32.4 Å². The molecule has 0 saturated carbocycles. The highest BCUT2D eigenvalue weighted by atomic mass is 16.5. The Kier molecular flexibility index (Phi) is 4.19. The number of hydrogen-bond donors (Lipinski definition) is 1. The van der Waals surface area contributed by atoms with Crippen LogP contribution in [-0.2, 0) is 6.54 Å². The van der Waals surface area contributed by atoms with Crippen LogP contribution in [0.4, 0.5) is 5.82 Å². The zero-order chi connectivity index (χ0) is 16.4. The van der Waals surface area contributed by atoms with Gasteiger partial charge in [-0.25, -0.2) is 4.57 Å². The summed E-state index contributed by atoms with van der Waals surface area (Å²) in [4.78, 5) is 12.8. The molecular formula is C18H21N2O3+. The molecule has 1 N–H and O–H groups in total. The van der Waals surface area contributed by atoms with E-state index in [0.717, 1.165) is 11.5 Å². The van der Waals surface area contributed by atoms with E-state index in [1.165, 1.54) is 0 Å². The summed E-state index contributed by atoms with van der Waals surface area (Å²) in [5.41, 5.74) is 1.78. The molecule has 1 aliphatic heterocycles. The zero-order valence-electron chi connectivity index (χ0n) is 13.6. The number of methoxy groups -OCH3 is 2. The van der Waals surface area contributed by atoms with Crippen molar-refractivity contribution in [2.24, 2.45) is 5.92 Å². The molecule has 0 radical (unpaired) electrons. The van der Waals surface area contributed by atoms with Gasteiger partial charge in [-0.3, -0.25) is 10.1 Å². The second-order valence-electron chi connectivity index (χ2n) is 5.67. The Morgan fingerprint density at radius 2 is 1.96 bits per heavy atom. The van der Waals surface area contributed by atoms with Gasteiger partial charge in [0.2, 0.25) is 0 Å². The van der Waals surface area contributed by atoms with Gasteiger partial charge < -0.3 is 9.47 Å². The number of nitrogens with zero attached hydrogens (tertiary/aromatic N) is 1. The average molecular weight is 313 g/mol. The number of nitrogens with one attached hydrogen (secondary N) is 1. The number of aryl methyl sites for hydroxylation is 1. The average Bonchev–Trinajstić information content (AvgIpc) is 2.60. The van der Waals surface area contributed by atoms with Gasteiger partial charge in [-0.05, 0) is 31.2 Å². The number of fused-ring (bicyclic) bond motifs is 1. The fourth-order valence-electron chi connectivity index (χ4n) is 2.96. The third-order valence-corrected chi connectivity index (χ3v) is 4.28. The first-order valence-electron chi connectivity index (χ1n) is 7.63. The third kappa shape index (κ3) is 2.86. The van der Waals surface area contributed by atoms with Crippen molar-refractivity contribution in [3.63, 3.8) is 0 Å². The molecule has 1 unspecified atom stereocenters. The normalized spacial score (nSPS) is 16.2. The molecule has 3 rings (SSSR count). The summed E-state index contributed by atoms with van der Waals surface area (Å²) in [5, 5.41) is 3.34. The molecule has 1 atom stereocenters. The number of ether oxygens (including phenoxy) is 2. The number of carbonyl (C=O) groups is 1. The Bertz CT molecular complexity index is 743. The van der Waals surface area contributed by atoms with E-state index in [2.05, 4.69) is 22.9 Å². The number of ketones is 1. The van der Waals surface area contributed by atoms with E-state index in [1.807, 2.05) is 12.1 Å². The molecule has 1 aliphatic rings. The first-order chi connectivity index (χ1) is 11.1. The van der Waals surface area contributed by atoms with E-state index in [9.17, 15) is 4.79 Å². The quantitative estimate of drug-likeness (QED) is 0.695. The number of carbonyl (C=O) groups excluding carboxylic acids is 1. The fraction of sp³-hybridized carbons (Fsp3) is 0.333. The van der Waals surface area contributed by atoms with Gasteiger partial charge in [-0.2, -0.15) is 0 Å². The van der Waals surface area contributed by atoms with Crippen LogP contribution in [0.1, 0.15) is 16.1 Å². The standard InChI is InChI=1S/C18H20N2O3/c1-12-5-4-6-17-19-10-14(11-20(12)17)18(21)13-7-8-15(22-2)16(9-13)23-3/h4-9,14H,10-11H2,1-3H3/p+1. The molecule has 0 amide bonds. The molecule has 0 aliphatic carbocycles. The van der Waals surface area contributed by atoms with Crippen LogP contribution in [0.5, 0.6) is 11.5 Å². The summed E-state index contributed by atoms with van der Waals surface area (Å²) in [6.07, 6.45) is 0. The molecule has 1 aromatic heterocycles. The maximum absolute atomic E-state index is 12.8. The van der Waals surface area contributed by atoms with Gasteiger partial charge in [0, 0.05) is 11.6 Å². The first-order valence-corrected chi connectivity index (χ1v) is 7.63. The number of hydrogen-bond acceptors (Lipinski definition) is 4. The van der Waals surface area contributed by atoms with Crippen molar-refractivity contribution in [2.45, 2.75) is 13.5 Å². The first kappa shape index (κ1) is 15.3. The van der Waals surface area contributed by atoms with Crippen LogP contribution in [0.25, 0.3) is 0 Å². The van der Waals surface area contributed by atoms with Crippen LogP contribution < -0.4 is 19.4 Å². The third-order valence-electron chi connectivity index (χ3n) is 4.28. The molecule has 1 aromatic carbocycles. The largest absolute Gasteiger partial charge is 0.493 e. The number of pyridine rings is 1. The van der Waals surface area contributed by atoms with Crippen molar-refractivity contribution in [1.29, 1.82) is 0 Å². The maximum Gasteiger partial charge on any atom is 0.274 e. The van der Waals surface area contributed by atoms with Crippen molar-refractivity contribution >= 4 is 11.6 Å². The predicted octanol–water partition coefficient (Wildman–Crippen LogP) is 2.22. The number of benzene rings is 1.